The number of rotatable bonds is 6. The molecule has 0 atom stereocenters. The summed E-state index contributed by atoms with van der Waals surface area (Å²) in [5, 5.41) is 18.9. The second kappa shape index (κ2) is 5.35. The smallest absolute Gasteiger partial charge is 0.358 e. The molecule has 1 saturated carbocycles. The summed E-state index contributed by atoms with van der Waals surface area (Å²) in [4.78, 5) is 26.8. The molecule has 0 amide bonds. The maximum Gasteiger partial charge on any atom is 0.358 e. The molecule has 2 heterocycles. The number of nitrogens with one attached hydrogen (secondary N) is 1. The first-order valence-electron chi connectivity index (χ1n) is 6.59. The summed E-state index contributed by atoms with van der Waals surface area (Å²) in [6.07, 6.45) is 6.69. The number of nitrogens with zero attached hydrogens (tertiary/aromatic N) is 5. The molecule has 2 aromatic rings. The first-order chi connectivity index (χ1) is 10.1. The van der Waals surface area contributed by atoms with Crippen LogP contribution in [0.25, 0.3) is 0 Å². The van der Waals surface area contributed by atoms with Crippen LogP contribution in [0.4, 0.5) is 5.82 Å². The SMILES string of the molecule is O=C(O)c1cn(CCNc2nccn(C3CC3)c2=O)nn1. The summed E-state index contributed by atoms with van der Waals surface area (Å²) in [6, 6.07) is 0.300. The lowest BCUT2D eigenvalue weighted by molar-refractivity contribution is 0.0690. The van der Waals surface area contributed by atoms with E-state index in [0.29, 0.717) is 24.9 Å². The first-order valence-corrected chi connectivity index (χ1v) is 6.59. The Morgan fingerprint density at radius 2 is 2.29 bits per heavy atom. The van der Waals surface area contributed by atoms with Gasteiger partial charge < -0.3 is 15.0 Å². The van der Waals surface area contributed by atoms with E-state index >= 15 is 0 Å². The summed E-state index contributed by atoms with van der Waals surface area (Å²) in [7, 11) is 0. The second-order valence-corrected chi connectivity index (χ2v) is 4.82. The minimum absolute atomic E-state index is 0.107. The fraction of sp³-hybridized carbons (Fsp3) is 0.417. The third-order valence-electron chi connectivity index (χ3n) is 3.20. The zero-order valence-corrected chi connectivity index (χ0v) is 11.1. The Morgan fingerprint density at radius 3 is 2.95 bits per heavy atom. The van der Waals surface area contributed by atoms with Crippen LogP contribution in [0.2, 0.25) is 0 Å². The molecule has 3 rings (SSSR count). The van der Waals surface area contributed by atoms with Gasteiger partial charge in [0.2, 0.25) is 0 Å². The highest BCUT2D eigenvalue weighted by Gasteiger charge is 2.25. The standard InChI is InChI=1S/C12H14N6O3/c19-11-10(14-4-6-18(11)8-1-2-8)13-3-5-17-7-9(12(20)21)15-16-17/h4,6-8H,1-3,5H2,(H,13,14)(H,20,21). The zero-order valence-electron chi connectivity index (χ0n) is 11.1. The molecular weight excluding hydrogens is 276 g/mol. The minimum atomic E-state index is -1.12. The van der Waals surface area contributed by atoms with Crippen molar-refractivity contribution in [3.63, 3.8) is 0 Å². The van der Waals surface area contributed by atoms with Gasteiger partial charge in [-0.25, -0.2) is 14.5 Å². The molecule has 0 aromatic carbocycles. The molecule has 0 unspecified atom stereocenters. The van der Waals surface area contributed by atoms with E-state index in [-0.39, 0.29) is 11.3 Å². The van der Waals surface area contributed by atoms with Crippen LogP contribution < -0.4 is 10.9 Å². The third-order valence-corrected chi connectivity index (χ3v) is 3.20. The molecule has 1 aliphatic carbocycles. The Balaban J connectivity index is 1.61. The van der Waals surface area contributed by atoms with Crippen molar-refractivity contribution in [2.45, 2.75) is 25.4 Å². The van der Waals surface area contributed by atoms with Crippen LogP contribution in [0.3, 0.4) is 0 Å². The molecule has 21 heavy (non-hydrogen) atoms. The maximum absolute atomic E-state index is 12.1. The molecule has 2 N–H and O–H groups in total. The molecule has 0 bridgehead atoms. The fourth-order valence-corrected chi connectivity index (χ4v) is 1.98. The molecule has 9 heteroatoms. The number of carboxylic acid groups (broad SMARTS) is 1. The zero-order chi connectivity index (χ0) is 14.8. The van der Waals surface area contributed by atoms with Crippen LogP contribution in [-0.2, 0) is 6.54 Å². The number of hydrogen-bond acceptors (Lipinski definition) is 6. The summed E-state index contributed by atoms with van der Waals surface area (Å²) >= 11 is 0. The van der Waals surface area contributed by atoms with E-state index in [9.17, 15) is 9.59 Å². The van der Waals surface area contributed by atoms with Gasteiger partial charge in [0.05, 0.1) is 12.7 Å². The maximum atomic E-state index is 12.1. The predicted molar refractivity (Wildman–Crippen MR) is 72.2 cm³/mol. The predicted octanol–water partition coefficient (Wildman–Crippen LogP) is -0.0200. The van der Waals surface area contributed by atoms with Gasteiger partial charge in [0.15, 0.2) is 11.5 Å². The number of aromatic nitrogens is 5. The fourth-order valence-electron chi connectivity index (χ4n) is 1.98. The molecule has 1 fully saturated rings. The number of anilines is 1. The summed E-state index contributed by atoms with van der Waals surface area (Å²) in [5.41, 5.74) is -0.242. The Bertz CT molecular complexity index is 718. The second-order valence-electron chi connectivity index (χ2n) is 4.82. The monoisotopic (exact) mass is 290 g/mol. The largest absolute Gasteiger partial charge is 0.476 e. The van der Waals surface area contributed by atoms with Crippen LogP contribution in [0, 0.1) is 0 Å². The van der Waals surface area contributed by atoms with E-state index in [1.165, 1.54) is 10.9 Å². The lowest BCUT2D eigenvalue weighted by Gasteiger charge is -2.07. The van der Waals surface area contributed by atoms with Crippen molar-refractivity contribution in [3.8, 4) is 0 Å². The molecule has 0 aliphatic heterocycles. The van der Waals surface area contributed by atoms with E-state index in [2.05, 4.69) is 20.6 Å². The lowest BCUT2D eigenvalue weighted by Crippen LogP contribution is -2.25. The Morgan fingerprint density at radius 1 is 1.48 bits per heavy atom. The average Bonchev–Trinajstić information content (AvgIpc) is 3.19. The van der Waals surface area contributed by atoms with Gasteiger partial charge >= 0.3 is 5.97 Å². The lowest BCUT2D eigenvalue weighted by atomic mass is 10.5. The van der Waals surface area contributed by atoms with E-state index < -0.39 is 5.97 Å². The molecule has 2 aromatic heterocycles. The number of hydrogen-bond donors (Lipinski definition) is 2. The van der Waals surface area contributed by atoms with E-state index in [0.717, 1.165) is 12.8 Å². The number of carbonyl (C=O) groups is 1. The van der Waals surface area contributed by atoms with Gasteiger partial charge in [0.25, 0.3) is 5.56 Å². The van der Waals surface area contributed by atoms with Crippen molar-refractivity contribution in [2.75, 3.05) is 11.9 Å². The molecule has 0 spiro atoms. The van der Waals surface area contributed by atoms with Crippen LogP contribution in [0.15, 0.2) is 23.4 Å². The van der Waals surface area contributed by atoms with Crippen molar-refractivity contribution >= 4 is 11.8 Å². The molecule has 0 saturated heterocycles. The van der Waals surface area contributed by atoms with E-state index in [1.807, 2.05) is 0 Å². The van der Waals surface area contributed by atoms with Crippen molar-refractivity contribution < 1.29 is 9.90 Å². The Labute approximate surface area is 119 Å². The number of aromatic carboxylic acids is 1. The highest BCUT2D eigenvalue weighted by molar-refractivity contribution is 5.84. The topological polar surface area (TPSA) is 115 Å². The van der Waals surface area contributed by atoms with Crippen molar-refractivity contribution in [2.24, 2.45) is 0 Å². The summed E-state index contributed by atoms with van der Waals surface area (Å²) < 4.78 is 3.09. The average molecular weight is 290 g/mol. The molecule has 9 nitrogen and oxygen atoms in total. The number of carboxylic acids is 1. The van der Waals surface area contributed by atoms with Crippen LogP contribution in [-0.4, -0.2) is 42.2 Å². The van der Waals surface area contributed by atoms with Crippen molar-refractivity contribution in [1.29, 1.82) is 0 Å². The van der Waals surface area contributed by atoms with Crippen molar-refractivity contribution in [3.05, 3.63) is 34.6 Å². The van der Waals surface area contributed by atoms with Gasteiger partial charge in [0.1, 0.15) is 0 Å². The highest BCUT2D eigenvalue weighted by atomic mass is 16.4. The van der Waals surface area contributed by atoms with Crippen LogP contribution in [0.5, 0.6) is 0 Å². The highest BCUT2D eigenvalue weighted by Crippen LogP contribution is 2.33. The van der Waals surface area contributed by atoms with Gasteiger partial charge in [-0.3, -0.25) is 4.79 Å². The van der Waals surface area contributed by atoms with Gasteiger partial charge in [-0.2, -0.15) is 0 Å². The third kappa shape index (κ3) is 2.91. The van der Waals surface area contributed by atoms with Gasteiger partial charge in [-0.15, -0.1) is 5.10 Å². The first kappa shape index (κ1) is 13.3. The molecule has 1 aliphatic rings. The van der Waals surface area contributed by atoms with E-state index in [4.69, 9.17) is 5.11 Å². The Hall–Kier alpha value is -2.71. The van der Waals surface area contributed by atoms with Crippen LogP contribution >= 0.6 is 0 Å². The van der Waals surface area contributed by atoms with Gasteiger partial charge in [-0.05, 0) is 12.8 Å². The van der Waals surface area contributed by atoms with E-state index in [1.54, 1.807) is 17.0 Å². The van der Waals surface area contributed by atoms with Crippen LogP contribution in [0.1, 0.15) is 29.4 Å². The van der Waals surface area contributed by atoms with Gasteiger partial charge in [-0.1, -0.05) is 5.21 Å². The van der Waals surface area contributed by atoms with Gasteiger partial charge in [0, 0.05) is 25.0 Å². The molecular formula is C12H14N6O3. The van der Waals surface area contributed by atoms with Crippen molar-refractivity contribution in [1.82, 2.24) is 24.5 Å². The quantitative estimate of drug-likeness (QED) is 0.768. The molecule has 0 radical (unpaired) electrons. The Kier molecular flexibility index (Phi) is 3.38. The summed E-state index contributed by atoms with van der Waals surface area (Å²) in [5.74, 6) is -0.825. The summed E-state index contributed by atoms with van der Waals surface area (Å²) in [6.45, 7) is 0.791. The molecule has 110 valence electrons. The minimum Gasteiger partial charge on any atom is -0.476 e. The normalized spacial score (nSPS) is 14.1.